The molecular weight excluding hydrogens is 863 g/mol. The van der Waals surface area contributed by atoms with Crippen LogP contribution in [0.2, 0.25) is 0 Å². The summed E-state index contributed by atoms with van der Waals surface area (Å²) in [6, 6.07) is 47.3. The number of imidazole rings is 1. The van der Waals surface area contributed by atoms with Crippen molar-refractivity contribution >= 4 is 11.0 Å². The van der Waals surface area contributed by atoms with Crippen LogP contribution in [0.25, 0.3) is 83.9 Å². The van der Waals surface area contributed by atoms with Crippen LogP contribution in [0.5, 0.6) is 5.75 Å². The summed E-state index contributed by atoms with van der Waals surface area (Å²) >= 11 is 0. The Balaban J connectivity index is 1.32. The zero-order chi connectivity index (χ0) is 60.7. The third-order valence-electron chi connectivity index (χ3n) is 13.7. The lowest BCUT2D eigenvalue weighted by atomic mass is 9.83. The summed E-state index contributed by atoms with van der Waals surface area (Å²) in [6.07, 6.45) is 1.66. The van der Waals surface area contributed by atoms with Crippen LogP contribution in [0.3, 0.4) is 0 Å². The first kappa shape index (κ1) is 36.0. The van der Waals surface area contributed by atoms with Crippen LogP contribution in [0.4, 0.5) is 0 Å². The zero-order valence-electron chi connectivity index (χ0n) is 54.5. The SMILES string of the molecule is [2H]C([2H])([2H])c1cc(-n2c(-c3cc(C(C)C)cc(C(C)C)c3O)nc3c(-c4cc(-c5cc(-c6ccc(C(C([2H])([2H])[2H])(C([2H])([2H])[2H])C([2H])([2H])[2H])cc6)ccn5)cc(C(C)(C)C)c4)cccc32)c(-c2ccc(C(C)(C)C)cc2)cc1-c1ccccc1. The van der Waals surface area contributed by atoms with Crippen molar-refractivity contribution in [3.63, 3.8) is 0 Å². The standard InChI is InChI=1S/C67H71N3O/c1-41(2)48-37-55(42(3)4)63(71)58(38-48)64-69-62-54(49-34-50(36-53(35-49)67(12,13)14)59-39-47(31-32-68-59)44-23-27-51(28-24-44)65(6,7)8)21-18-22-60(62)70(64)61-33-43(5)56(45-19-16-15-17-20-45)40-57(61)46-25-29-52(30-26-46)66(9,10)11/h15-42,71H,1-14H3/i5D3,6D3,7D3,8D3. The molecule has 0 aliphatic heterocycles. The summed E-state index contributed by atoms with van der Waals surface area (Å²) in [6.45, 7) is 8.46. The lowest BCUT2D eigenvalue weighted by molar-refractivity contribution is 0.466. The molecule has 0 unspecified atom stereocenters. The van der Waals surface area contributed by atoms with Crippen LogP contribution in [0, 0.1) is 6.85 Å². The van der Waals surface area contributed by atoms with Gasteiger partial charge in [-0.05, 0) is 150 Å². The zero-order valence-corrected chi connectivity index (χ0v) is 42.5. The highest BCUT2D eigenvalue weighted by molar-refractivity contribution is 5.98. The Bertz CT molecular complexity index is 3840. The first-order chi connectivity index (χ1) is 38.5. The number of fused-ring (bicyclic) bond motifs is 1. The summed E-state index contributed by atoms with van der Waals surface area (Å²) < 4.78 is 104. The van der Waals surface area contributed by atoms with Crippen molar-refractivity contribution < 1.29 is 21.6 Å². The van der Waals surface area contributed by atoms with Gasteiger partial charge in [0.25, 0.3) is 0 Å². The summed E-state index contributed by atoms with van der Waals surface area (Å²) in [5, 5.41) is 12.6. The second-order valence-corrected chi connectivity index (χ2v) is 21.7. The molecule has 1 N–H and O–H groups in total. The van der Waals surface area contributed by atoms with Gasteiger partial charge in [0.05, 0.1) is 28.0 Å². The monoisotopic (exact) mass is 946 g/mol. The van der Waals surface area contributed by atoms with Crippen molar-refractivity contribution in [2.75, 3.05) is 0 Å². The molecule has 0 spiro atoms. The van der Waals surface area contributed by atoms with E-state index in [-0.39, 0.29) is 39.5 Å². The predicted octanol–water partition coefficient (Wildman–Crippen LogP) is 18.6. The second-order valence-electron chi connectivity index (χ2n) is 21.7. The fraction of sp³-hybridized carbons (Fsp3) is 0.284. The van der Waals surface area contributed by atoms with Gasteiger partial charge in [0, 0.05) is 39.3 Å². The molecule has 9 aromatic rings. The number of aromatic hydroxyl groups is 1. The summed E-state index contributed by atoms with van der Waals surface area (Å²) in [4.78, 5) is 10.5. The van der Waals surface area contributed by atoms with Gasteiger partial charge in [0.1, 0.15) is 11.6 Å². The number of pyridine rings is 1. The minimum absolute atomic E-state index is 0.0566. The molecule has 360 valence electrons. The van der Waals surface area contributed by atoms with Gasteiger partial charge in [0.2, 0.25) is 0 Å². The van der Waals surface area contributed by atoms with Crippen molar-refractivity contribution in [2.24, 2.45) is 0 Å². The molecule has 0 saturated carbocycles. The Kier molecular flexibility index (Phi) is 9.43. The molecule has 0 aliphatic carbocycles. The van der Waals surface area contributed by atoms with Crippen molar-refractivity contribution in [1.82, 2.24) is 14.5 Å². The topological polar surface area (TPSA) is 50.9 Å². The number of aromatic nitrogens is 3. The summed E-state index contributed by atoms with van der Waals surface area (Å²) in [5.74, 6) is 0.531. The molecule has 0 fully saturated rings. The lowest BCUT2D eigenvalue weighted by Crippen LogP contribution is -2.11. The van der Waals surface area contributed by atoms with E-state index in [1.807, 2.05) is 91.2 Å². The maximum Gasteiger partial charge on any atom is 0.149 e. The molecule has 4 nitrogen and oxygen atoms in total. The van der Waals surface area contributed by atoms with Crippen LogP contribution in [-0.2, 0) is 16.2 Å². The van der Waals surface area contributed by atoms with E-state index in [0.29, 0.717) is 50.5 Å². The van der Waals surface area contributed by atoms with Crippen LogP contribution < -0.4 is 0 Å². The third-order valence-corrected chi connectivity index (χ3v) is 13.7. The number of para-hydroxylation sites is 1. The fourth-order valence-electron chi connectivity index (χ4n) is 9.44. The molecule has 0 saturated heterocycles. The Morgan fingerprint density at radius 3 is 1.79 bits per heavy atom. The van der Waals surface area contributed by atoms with Crippen molar-refractivity contribution in [2.45, 2.75) is 125 Å². The van der Waals surface area contributed by atoms with Gasteiger partial charge < -0.3 is 5.11 Å². The van der Waals surface area contributed by atoms with Crippen LogP contribution >= 0.6 is 0 Å². The summed E-state index contributed by atoms with van der Waals surface area (Å²) in [5.41, 5.74) is 9.49. The summed E-state index contributed by atoms with van der Waals surface area (Å²) in [7, 11) is 0. The number of phenols is 1. The molecule has 2 aromatic heterocycles. The number of benzene rings is 7. The average Bonchev–Trinajstić information content (AvgIpc) is 1.56. The molecule has 0 atom stereocenters. The molecule has 9 rings (SSSR count). The van der Waals surface area contributed by atoms with Gasteiger partial charge in [-0.3, -0.25) is 9.55 Å². The van der Waals surface area contributed by atoms with E-state index in [9.17, 15) is 5.11 Å². The van der Waals surface area contributed by atoms with Gasteiger partial charge in [-0.25, -0.2) is 4.98 Å². The molecule has 0 radical (unpaired) electrons. The van der Waals surface area contributed by atoms with Crippen LogP contribution in [0.1, 0.15) is 151 Å². The van der Waals surface area contributed by atoms with Gasteiger partial charge in [-0.2, -0.15) is 0 Å². The van der Waals surface area contributed by atoms with Crippen molar-refractivity contribution in [1.29, 1.82) is 0 Å². The van der Waals surface area contributed by atoms with E-state index in [4.69, 9.17) is 26.4 Å². The number of hydrogen-bond acceptors (Lipinski definition) is 3. The molecular formula is C67H71N3O. The first-order valence-electron chi connectivity index (χ1n) is 30.5. The Hall–Kier alpha value is -7.04. The van der Waals surface area contributed by atoms with E-state index in [1.54, 1.807) is 30.5 Å². The van der Waals surface area contributed by atoms with Crippen LogP contribution in [-0.4, -0.2) is 19.6 Å². The average molecular weight is 946 g/mol. The van der Waals surface area contributed by atoms with Gasteiger partial charge in [0.15, 0.2) is 0 Å². The Morgan fingerprint density at radius 1 is 0.507 bits per heavy atom. The third kappa shape index (κ3) is 9.74. The first-order valence-corrected chi connectivity index (χ1v) is 24.5. The Labute approximate surface area is 440 Å². The Morgan fingerprint density at radius 2 is 1.15 bits per heavy atom. The normalized spacial score (nSPS) is 15.6. The number of rotatable bonds is 9. The highest BCUT2D eigenvalue weighted by Gasteiger charge is 2.27. The van der Waals surface area contributed by atoms with Crippen molar-refractivity contribution in [3.8, 4) is 78.6 Å². The van der Waals surface area contributed by atoms with E-state index >= 15 is 0 Å². The fourth-order valence-corrected chi connectivity index (χ4v) is 9.44. The maximum atomic E-state index is 12.6. The van der Waals surface area contributed by atoms with Gasteiger partial charge >= 0.3 is 0 Å². The molecule has 0 aliphatic rings. The molecule has 0 bridgehead atoms. The molecule has 71 heavy (non-hydrogen) atoms. The number of aryl methyl sites for hydroxylation is 1. The maximum absolute atomic E-state index is 12.6. The van der Waals surface area contributed by atoms with Gasteiger partial charge in [-0.15, -0.1) is 0 Å². The highest BCUT2D eigenvalue weighted by atomic mass is 16.3. The molecule has 0 amide bonds. The van der Waals surface area contributed by atoms with E-state index < -0.39 is 32.8 Å². The minimum atomic E-state index is -3.40. The minimum Gasteiger partial charge on any atom is -0.507 e. The second kappa shape index (κ2) is 18.6. The van der Waals surface area contributed by atoms with E-state index in [1.165, 1.54) is 12.1 Å². The van der Waals surface area contributed by atoms with E-state index in [0.717, 1.165) is 55.6 Å². The number of nitrogens with zero attached hydrogens (tertiary/aromatic N) is 3. The molecule has 4 heteroatoms. The number of hydrogen-bond donors (Lipinski definition) is 1. The number of phenolic OH excluding ortho intramolecular Hbond substituents is 1. The largest absolute Gasteiger partial charge is 0.507 e. The van der Waals surface area contributed by atoms with Crippen molar-refractivity contribution in [3.05, 3.63) is 191 Å². The lowest BCUT2D eigenvalue weighted by Gasteiger charge is -2.22. The highest BCUT2D eigenvalue weighted by Crippen LogP contribution is 2.46. The van der Waals surface area contributed by atoms with E-state index in [2.05, 4.69) is 97.9 Å². The predicted molar refractivity (Wildman–Crippen MR) is 302 cm³/mol. The molecule has 7 aromatic carbocycles. The quantitative estimate of drug-likeness (QED) is 0.157. The smallest absolute Gasteiger partial charge is 0.149 e. The van der Waals surface area contributed by atoms with Crippen LogP contribution in [0.15, 0.2) is 158 Å². The molecule has 2 heterocycles. The van der Waals surface area contributed by atoms with Gasteiger partial charge in [-0.1, -0.05) is 193 Å².